The first-order valence-corrected chi connectivity index (χ1v) is 9.40. The van der Waals surface area contributed by atoms with Gasteiger partial charge in [0.05, 0.1) is 23.8 Å². The van der Waals surface area contributed by atoms with E-state index in [-0.39, 0.29) is 22.4 Å². The minimum absolute atomic E-state index is 0.129. The molecule has 1 unspecified atom stereocenters. The van der Waals surface area contributed by atoms with E-state index in [1.54, 1.807) is 13.0 Å². The predicted octanol–water partition coefficient (Wildman–Crippen LogP) is -0.369. The highest BCUT2D eigenvalue weighted by atomic mass is 16.5. The Labute approximate surface area is 171 Å². The maximum atomic E-state index is 13.1. The zero-order valence-corrected chi connectivity index (χ0v) is 15.9. The van der Waals surface area contributed by atoms with Crippen LogP contribution in [0, 0.1) is 6.92 Å². The predicted molar refractivity (Wildman–Crippen MR) is 102 cm³/mol. The smallest absolute Gasteiger partial charge is 0.201 e. The molecular weight excluding hydrogens is 396 g/mol. The summed E-state index contributed by atoms with van der Waals surface area (Å²) in [6.07, 6.45) is -7.24. The first-order chi connectivity index (χ1) is 14.2. The fourth-order valence-electron chi connectivity index (χ4n) is 4.43. The molecule has 9 heteroatoms. The highest BCUT2D eigenvalue weighted by molar-refractivity contribution is 6.16. The van der Waals surface area contributed by atoms with Gasteiger partial charge in [-0.3, -0.25) is 4.79 Å². The van der Waals surface area contributed by atoms with E-state index in [1.165, 1.54) is 18.2 Å². The molecule has 0 aromatic heterocycles. The van der Waals surface area contributed by atoms with Gasteiger partial charge in [-0.1, -0.05) is 12.1 Å². The van der Waals surface area contributed by atoms with Crippen molar-refractivity contribution in [1.82, 2.24) is 0 Å². The zero-order chi connectivity index (χ0) is 21.9. The van der Waals surface area contributed by atoms with Crippen LogP contribution in [0.5, 0.6) is 17.2 Å². The number of aromatic hydroxyl groups is 3. The maximum Gasteiger partial charge on any atom is 0.201 e. The van der Waals surface area contributed by atoms with Gasteiger partial charge in [-0.15, -0.1) is 0 Å². The second-order valence-corrected chi connectivity index (χ2v) is 7.75. The van der Waals surface area contributed by atoms with E-state index in [1.807, 2.05) is 0 Å². The molecule has 1 fully saturated rings. The maximum absolute atomic E-state index is 13.1. The van der Waals surface area contributed by atoms with Gasteiger partial charge >= 0.3 is 0 Å². The largest absolute Gasteiger partial charge is 0.507 e. The number of benzene rings is 2. The van der Waals surface area contributed by atoms with Crippen LogP contribution in [0.4, 0.5) is 0 Å². The van der Waals surface area contributed by atoms with Gasteiger partial charge in [0.25, 0.3) is 0 Å². The summed E-state index contributed by atoms with van der Waals surface area (Å²) in [5.74, 6) is -3.25. The fraction of sp³-hybridized carbons (Fsp3) is 0.381. The Morgan fingerprint density at radius 3 is 2.27 bits per heavy atom. The molecule has 6 atom stereocenters. The van der Waals surface area contributed by atoms with E-state index in [9.17, 15) is 40.5 Å². The molecule has 7 N–H and O–H groups in total. The number of ketones is 1. The van der Waals surface area contributed by atoms with Crippen LogP contribution in [-0.4, -0.2) is 78.7 Å². The third-order valence-corrected chi connectivity index (χ3v) is 5.86. The standard InChI is InChI=1S/C21H22O9/c1-7-4-9-13(21-20(29)19(28)17(26)12(6-22)30-21)8-2-3-10(23)16(25)15(8)18(27)14(9)11(24)5-7/h2-5,12-13,17,19-26,28-29H,6H2,1H3/t12-,13?,17-,19+,20-,21+/m1/s1. The number of hydrogen-bond donors (Lipinski definition) is 7. The van der Waals surface area contributed by atoms with Gasteiger partial charge in [-0.05, 0) is 35.7 Å². The molecule has 0 radical (unpaired) electrons. The van der Waals surface area contributed by atoms with Crippen LogP contribution in [0.3, 0.4) is 0 Å². The lowest BCUT2D eigenvalue weighted by atomic mass is 9.71. The first kappa shape index (κ1) is 20.6. The third-order valence-electron chi connectivity index (χ3n) is 5.86. The molecule has 0 spiro atoms. The van der Waals surface area contributed by atoms with Gasteiger partial charge in [0.2, 0.25) is 5.78 Å². The summed E-state index contributed by atoms with van der Waals surface area (Å²) >= 11 is 0. The van der Waals surface area contributed by atoms with Gasteiger partial charge in [0.1, 0.15) is 30.2 Å². The first-order valence-electron chi connectivity index (χ1n) is 9.40. The van der Waals surface area contributed by atoms with Gasteiger partial charge in [0, 0.05) is 5.92 Å². The molecule has 4 rings (SSSR count). The highest BCUT2D eigenvalue weighted by Crippen LogP contribution is 2.49. The van der Waals surface area contributed by atoms with E-state index < -0.39 is 60.3 Å². The summed E-state index contributed by atoms with van der Waals surface area (Å²) in [6.45, 7) is 1.06. The van der Waals surface area contributed by atoms with Crippen molar-refractivity contribution in [3.8, 4) is 17.2 Å². The van der Waals surface area contributed by atoms with Crippen molar-refractivity contribution in [2.24, 2.45) is 0 Å². The van der Waals surface area contributed by atoms with Crippen LogP contribution in [0.1, 0.15) is 38.5 Å². The Balaban J connectivity index is 1.98. The number of ether oxygens (including phenoxy) is 1. The topological polar surface area (TPSA) is 168 Å². The average Bonchev–Trinajstić information content (AvgIpc) is 2.69. The number of carbonyl (C=O) groups is 1. The molecule has 2 aliphatic rings. The second-order valence-electron chi connectivity index (χ2n) is 7.75. The van der Waals surface area contributed by atoms with E-state index in [0.717, 1.165) is 0 Å². The number of fused-ring (bicyclic) bond motifs is 2. The molecule has 1 saturated heterocycles. The molecule has 2 aromatic carbocycles. The van der Waals surface area contributed by atoms with Gasteiger partial charge in [-0.25, -0.2) is 0 Å². The van der Waals surface area contributed by atoms with Crippen LogP contribution in [-0.2, 0) is 4.74 Å². The molecule has 1 heterocycles. The molecule has 0 amide bonds. The molecule has 30 heavy (non-hydrogen) atoms. The van der Waals surface area contributed by atoms with Gasteiger partial charge in [-0.2, -0.15) is 0 Å². The van der Waals surface area contributed by atoms with Gasteiger partial charge < -0.3 is 40.5 Å². The molecule has 1 aliphatic heterocycles. The Kier molecular flexibility index (Phi) is 4.95. The number of phenols is 3. The van der Waals surface area contributed by atoms with E-state index in [4.69, 9.17) is 4.74 Å². The molecule has 2 aromatic rings. The average molecular weight is 418 g/mol. The van der Waals surface area contributed by atoms with Crippen molar-refractivity contribution in [1.29, 1.82) is 0 Å². The van der Waals surface area contributed by atoms with Crippen molar-refractivity contribution < 1.29 is 45.3 Å². The third kappa shape index (κ3) is 2.86. The lowest BCUT2D eigenvalue weighted by molar-refractivity contribution is -0.232. The van der Waals surface area contributed by atoms with Crippen molar-refractivity contribution in [2.75, 3.05) is 6.61 Å². The lowest BCUT2D eigenvalue weighted by Gasteiger charge is -2.45. The Morgan fingerprint density at radius 1 is 0.900 bits per heavy atom. The Hall–Kier alpha value is -2.69. The minimum Gasteiger partial charge on any atom is -0.507 e. The van der Waals surface area contributed by atoms with Crippen molar-refractivity contribution >= 4 is 5.78 Å². The summed E-state index contributed by atoms with van der Waals surface area (Å²) in [5.41, 5.74) is 0.719. The molecule has 9 nitrogen and oxygen atoms in total. The number of hydrogen-bond acceptors (Lipinski definition) is 9. The fourth-order valence-corrected chi connectivity index (χ4v) is 4.43. The Bertz CT molecular complexity index is 1020. The van der Waals surface area contributed by atoms with Crippen LogP contribution < -0.4 is 0 Å². The highest BCUT2D eigenvalue weighted by Gasteiger charge is 2.50. The van der Waals surface area contributed by atoms with Crippen LogP contribution in [0.2, 0.25) is 0 Å². The summed E-state index contributed by atoms with van der Waals surface area (Å²) in [6, 6.07) is 5.55. The van der Waals surface area contributed by atoms with Gasteiger partial charge in [0.15, 0.2) is 11.5 Å². The monoisotopic (exact) mass is 418 g/mol. The number of aliphatic hydroxyl groups excluding tert-OH is 4. The summed E-state index contributed by atoms with van der Waals surface area (Å²) < 4.78 is 5.72. The summed E-state index contributed by atoms with van der Waals surface area (Å²) in [7, 11) is 0. The summed E-state index contributed by atoms with van der Waals surface area (Å²) in [4.78, 5) is 13.1. The van der Waals surface area contributed by atoms with E-state index in [2.05, 4.69) is 0 Å². The zero-order valence-electron chi connectivity index (χ0n) is 15.9. The normalized spacial score (nSPS) is 30.6. The van der Waals surface area contributed by atoms with Crippen molar-refractivity contribution in [3.05, 3.63) is 52.1 Å². The number of aliphatic hydroxyl groups is 4. The van der Waals surface area contributed by atoms with E-state index in [0.29, 0.717) is 11.1 Å². The minimum atomic E-state index is -1.64. The molecule has 160 valence electrons. The SMILES string of the molecule is Cc1cc(O)c2c(c1)C([C@@H]1O[C@H](CO)[C@@H](O)[C@H](O)[C@H]1O)c1ccc(O)c(O)c1C2=O. The van der Waals surface area contributed by atoms with E-state index >= 15 is 0 Å². The molecular formula is C21H22O9. The summed E-state index contributed by atoms with van der Waals surface area (Å²) in [5, 5.41) is 71.3. The Morgan fingerprint density at radius 2 is 1.60 bits per heavy atom. The molecule has 1 aliphatic carbocycles. The van der Waals surface area contributed by atoms with Crippen LogP contribution in [0.25, 0.3) is 0 Å². The van der Waals surface area contributed by atoms with Crippen LogP contribution in [0.15, 0.2) is 24.3 Å². The molecule has 0 bridgehead atoms. The molecule has 0 saturated carbocycles. The van der Waals surface area contributed by atoms with Crippen LogP contribution >= 0.6 is 0 Å². The number of rotatable bonds is 2. The van der Waals surface area contributed by atoms with Crippen molar-refractivity contribution in [2.45, 2.75) is 43.4 Å². The lowest BCUT2D eigenvalue weighted by Crippen LogP contribution is -2.60. The number of aryl methyl sites for hydroxylation is 1. The van der Waals surface area contributed by atoms with Crippen molar-refractivity contribution in [3.63, 3.8) is 0 Å². The number of carbonyl (C=O) groups excluding carboxylic acids is 1. The number of phenolic OH excluding ortho intramolecular Hbond substituents is 3. The second kappa shape index (κ2) is 7.22. The quantitative estimate of drug-likeness (QED) is 0.322.